The Balaban J connectivity index is 1.19. The van der Waals surface area contributed by atoms with Crippen LogP contribution in [0.5, 0.6) is 5.75 Å². The number of methoxy groups -OCH3 is 1. The van der Waals surface area contributed by atoms with Crippen LogP contribution in [0.4, 0.5) is 4.39 Å². The molecular formula is C27H31FN6O6S. The first-order valence-corrected chi connectivity index (χ1v) is 14.6. The highest BCUT2D eigenvalue weighted by Crippen LogP contribution is 2.32. The van der Waals surface area contributed by atoms with Crippen LogP contribution in [-0.2, 0) is 21.4 Å². The summed E-state index contributed by atoms with van der Waals surface area (Å²) in [7, 11) is -2.32. The van der Waals surface area contributed by atoms with Crippen LogP contribution in [0.2, 0.25) is 0 Å². The van der Waals surface area contributed by atoms with Crippen molar-refractivity contribution in [1.82, 2.24) is 24.7 Å². The van der Waals surface area contributed by atoms with E-state index in [9.17, 15) is 17.6 Å². The number of aryl methyl sites for hydroxylation is 3. The molecule has 0 radical (unpaired) electrons. The molecule has 0 saturated carbocycles. The molecule has 1 amide bonds. The molecule has 14 heteroatoms. The fraction of sp³-hybridized carbons (Fsp3) is 0.444. The first-order valence-electron chi connectivity index (χ1n) is 13.2. The highest BCUT2D eigenvalue weighted by molar-refractivity contribution is 7.89. The number of aromatic nitrogens is 3. The van der Waals surface area contributed by atoms with Crippen LogP contribution in [0.1, 0.15) is 58.3 Å². The molecular weight excluding hydrogens is 555 g/mol. The van der Waals surface area contributed by atoms with Gasteiger partial charge in [0.1, 0.15) is 33.9 Å². The number of halogens is 1. The van der Waals surface area contributed by atoms with Crippen LogP contribution < -0.4 is 10.1 Å². The zero-order valence-electron chi connectivity index (χ0n) is 23.2. The molecule has 41 heavy (non-hydrogen) atoms. The first kappa shape index (κ1) is 28.6. The topological polar surface area (TPSA) is 149 Å². The SMILES string of the molecule is COc1cc(CNC(=O)c2cc(C3=NOC(C4CCN(S(=O)(=O)c5c(C)noc5C)CC4)C3)nc(C)n2)ccc1F. The van der Waals surface area contributed by atoms with Crippen molar-refractivity contribution in [3.05, 3.63) is 64.3 Å². The maximum absolute atomic E-state index is 13.7. The lowest BCUT2D eigenvalue weighted by molar-refractivity contribution is 0.0225. The van der Waals surface area contributed by atoms with Gasteiger partial charge < -0.3 is 19.4 Å². The molecule has 5 rings (SSSR count). The maximum atomic E-state index is 13.7. The summed E-state index contributed by atoms with van der Waals surface area (Å²) in [6.07, 6.45) is 1.48. The van der Waals surface area contributed by atoms with Crippen LogP contribution in [0.3, 0.4) is 0 Å². The van der Waals surface area contributed by atoms with E-state index >= 15 is 0 Å². The van der Waals surface area contributed by atoms with E-state index < -0.39 is 21.7 Å². The fourth-order valence-electron chi connectivity index (χ4n) is 5.18. The molecule has 1 atom stereocenters. The Hall–Kier alpha value is -3.91. The molecule has 12 nitrogen and oxygen atoms in total. The van der Waals surface area contributed by atoms with Crippen molar-refractivity contribution in [3.8, 4) is 5.75 Å². The summed E-state index contributed by atoms with van der Waals surface area (Å²) in [5.74, 6) is -0.0120. The lowest BCUT2D eigenvalue weighted by atomic mass is 9.89. The predicted molar refractivity (Wildman–Crippen MR) is 144 cm³/mol. The van der Waals surface area contributed by atoms with Gasteiger partial charge in [-0.3, -0.25) is 4.79 Å². The Morgan fingerprint density at radius 3 is 2.61 bits per heavy atom. The minimum atomic E-state index is -3.70. The minimum absolute atomic E-state index is 0.0958. The Morgan fingerprint density at radius 2 is 1.93 bits per heavy atom. The summed E-state index contributed by atoms with van der Waals surface area (Å²) < 4.78 is 51.5. The molecule has 0 spiro atoms. The summed E-state index contributed by atoms with van der Waals surface area (Å²) in [5, 5.41) is 10.8. The molecule has 2 aliphatic rings. The third-order valence-electron chi connectivity index (χ3n) is 7.32. The van der Waals surface area contributed by atoms with E-state index in [0.29, 0.717) is 60.8 Å². The Bertz CT molecular complexity index is 1580. The van der Waals surface area contributed by atoms with Crippen LogP contribution in [0.15, 0.2) is 38.8 Å². The van der Waals surface area contributed by atoms with E-state index in [1.807, 2.05) is 0 Å². The van der Waals surface area contributed by atoms with Crippen LogP contribution in [-0.4, -0.2) is 65.8 Å². The van der Waals surface area contributed by atoms with E-state index in [2.05, 4.69) is 25.6 Å². The summed E-state index contributed by atoms with van der Waals surface area (Å²) in [6, 6.07) is 5.93. The Morgan fingerprint density at radius 1 is 1.17 bits per heavy atom. The number of hydrogen-bond acceptors (Lipinski definition) is 10. The highest BCUT2D eigenvalue weighted by Gasteiger charge is 2.38. The van der Waals surface area contributed by atoms with E-state index in [1.165, 1.54) is 23.5 Å². The molecule has 1 unspecified atom stereocenters. The zero-order chi connectivity index (χ0) is 29.3. The number of nitrogens with one attached hydrogen (secondary N) is 1. The highest BCUT2D eigenvalue weighted by atomic mass is 32.2. The fourth-order valence-corrected chi connectivity index (χ4v) is 6.94. The van der Waals surface area contributed by atoms with Gasteiger partial charge in [0.25, 0.3) is 5.91 Å². The number of piperidine rings is 1. The zero-order valence-corrected chi connectivity index (χ0v) is 24.0. The van der Waals surface area contributed by atoms with E-state index in [1.54, 1.807) is 32.9 Å². The largest absolute Gasteiger partial charge is 0.494 e. The third-order valence-corrected chi connectivity index (χ3v) is 9.46. The summed E-state index contributed by atoms with van der Waals surface area (Å²) in [6.45, 7) is 5.76. The number of benzene rings is 1. The molecule has 1 saturated heterocycles. The molecule has 0 bridgehead atoms. The van der Waals surface area contributed by atoms with Crippen molar-refractivity contribution in [1.29, 1.82) is 0 Å². The van der Waals surface area contributed by atoms with Gasteiger partial charge in [-0.2, -0.15) is 4.31 Å². The monoisotopic (exact) mass is 586 g/mol. The molecule has 0 aliphatic carbocycles. The van der Waals surface area contributed by atoms with Crippen LogP contribution in [0.25, 0.3) is 0 Å². The normalized spacial score (nSPS) is 18.2. The van der Waals surface area contributed by atoms with Crippen molar-refractivity contribution in [2.24, 2.45) is 11.1 Å². The lowest BCUT2D eigenvalue weighted by Crippen LogP contribution is -2.41. The minimum Gasteiger partial charge on any atom is -0.494 e. The van der Waals surface area contributed by atoms with Gasteiger partial charge in [-0.1, -0.05) is 16.4 Å². The van der Waals surface area contributed by atoms with Crippen molar-refractivity contribution >= 4 is 21.6 Å². The molecule has 1 aromatic carbocycles. The quantitative estimate of drug-likeness (QED) is 0.420. The first-order chi connectivity index (χ1) is 19.6. The Labute approximate surface area is 237 Å². The van der Waals surface area contributed by atoms with E-state index in [0.717, 1.165) is 0 Å². The molecule has 3 aromatic rings. The molecule has 2 aliphatic heterocycles. The number of carbonyl (C=O) groups is 1. The van der Waals surface area contributed by atoms with Crippen molar-refractivity contribution < 1.29 is 31.7 Å². The summed E-state index contributed by atoms with van der Waals surface area (Å²) in [4.78, 5) is 27.5. The third kappa shape index (κ3) is 5.93. The second-order valence-corrected chi connectivity index (χ2v) is 12.0. The lowest BCUT2D eigenvalue weighted by Gasteiger charge is -2.32. The van der Waals surface area contributed by atoms with Gasteiger partial charge in [-0.15, -0.1) is 0 Å². The number of amides is 1. The second-order valence-electron chi connectivity index (χ2n) is 10.1. The molecule has 4 heterocycles. The number of sulfonamides is 1. The number of hydrogen-bond donors (Lipinski definition) is 1. The van der Waals surface area contributed by atoms with E-state index in [4.69, 9.17) is 14.1 Å². The van der Waals surface area contributed by atoms with Crippen LogP contribution >= 0.6 is 0 Å². The average molecular weight is 587 g/mol. The average Bonchev–Trinajstić information content (AvgIpc) is 3.59. The number of oxime groups is 1. The maximum Gasteiger partial charge on any atom is 0.270 e. The van der Waals surface area contributed by atoms with Crippen molar-refractivity contribution in [2.45, 2.75) is 57.6 Å². The smallest absolute Gasteiger partial charge is 0.270 e. The summed E-state index contributed by atoms with van der Waals surface area (Å²) in [5.41, 5.74) is 2.29. The van der Waals surface area contributed by atoms with Crippen molar-refractivity contribution in [2.75, 3.05) is 20.2 Å². The van der Waals surface area contributed by atoms with Gasteiger partial charge in [0.15, 0.2) is 17.3 Å². The molecule has 2 aromatic heterocycles. The number of ether oxygens (including phenoxy) is 1. The van der Waals surface area contributed by atoms with Gasteiger partial charge in [-0.05, 0) is 57.4 Å². The van der Waals surface area contributed by atoms with Gasteiger partial charge in [0, 0.05) is 32.0 Å². The van der Waals surface area contributed by atoms with Gasteiger partial charge in [0.05, 0.1) is 12.8 Å². The number of rotatable bonds is 8. The summed E-state index contributed by atoms with van der Waals surface area (Å²) >= 11 is 0. The molecule has 218 valence electrons. The standard InChI is InChI=1S/C27H31FN6O6S/c1-15-26(16(2)39-32-15)41(36,37)34-9-7-19(8-10-34)24-13-22(33-40-24)21-12-23(31-17(3)30-21)27(35)29-14-18-5-6-20(28)25(11-18)38-4/h5-6,11-12,19,24H,7-10,13-14H2,1-4H3,(H,29,35). The Kier molecular flexibility index (Phi) is 8.04. The molecule has 1 fully saturated rings. The number of carbonyl (C=O) groups excluding carboxylic acids is 1. The van der Waals surface area contributed by atoms with Gasteiger partial charge in [0.2, 0.25) is 10.0 Å². The molecule has 1 N–H and O–H groups in total. The number of nitrogens with zero attached hydrogens (tertiary/aromatic N) is 5. The second kappa shape index (κ2) is 11.5. The van der Waals surface area contributed by atoms with Gasteiger partial charge >= 0.3 is 0 Å². The van der Waals surface area contributed by atoms with E-state index in [-0.39, 0.29) is 40.7 Å². The van der Waals surface area contributed by atoms with Crippen LogP contribution in [0, 0.1) is 32.5 Å². The predicted octanol–water partition coefficient (Wildman–Crippen LogP) is 3.06. The van der Waals surface area contributed by atoms with Gasteiger partial charge in [-0.25, -0.2) is 22.8 Å². The van der Waals surface area contributed by atoms with Crippen molar-refractivity contribution in [3.63, 3.8) is 0 Å².